The fourth-order valence-corrected chi connectivity index (χ4v) is 0.609. The lowest BCUT2D eigenvalue weighted by Crippen LogP contribution is -2.36. The van der Waals surface area contributed by atoms with Crippen LogP contribution >= 0.6 is 0 Å². The van der Waals surface area contributed by atoms with Crippen LogP contribution in [0.25, 0.3) is 0 Å². The largest absolute Gasteiger partial charge is 0.464 e. The van der Waals surface area contributed by atoms with Gasteiger partial charge in [0, 0.05) is 0 Å². The topological polar surface area (TPSA) is 46.5 Å². The second kappa shape index (κ2) is 5.14. The fraction of sp³-hybridized carbons (Fsp3) is 0.889. The van der Waals surface area contributed by atoms with E-state index in [0.29, 0.717) is 13.0 Å². The zero-order chi connectivity index (χ0) is 9.61. The summed E-state index contributed by atoms with van der Waals surface area (Å²) in [5.74, 6) is -0.515. The summed E-state index contributed by atoms with van der Waals surface area (Å²) < 4.78 is 4.85. The van der Waals surface area contributed by atoms with Crippen molar-refractivity contribution < 1.29 is 14.6 Å². The highest BCUT2D eigenvalue weighted by Crippen LogP contribution is 2.10. The van der Waals surface area contributed by atoms with Crippen molar-refractivity contribution in [2.75, 3.05) is 6.61 Å². The van der Waals surface area contributed by atoms with Gasteiger partial charge < -0.3 is 9.84 Å². The lowest BCUT2D eigenvalue weighted by Gasteiger charge is -2.18. The van der Waals surface area contributed by atoms with Crippen LogP contribution in [-0.2, 0) is 9.53 Å². The van der Waals surface area contributed by atoms with E-state index in [9.17, 15) is 9.90 Å². The van der Waals surface area contributed by atoms with Crippen LogP contribution < -0.4 is 0 Å². The second-order valence-electron chi connectivity index (χ2n) is 3.12. The van der Waals surface area contributed by atoms with Crippen LogP contribution in [0, 0.1) is 0 Å². The summed E-state index contributed by atoms with van der Waals surface area (Å²) >= 11 is 0. The smallest absolute Gasteiger partial charge is 0.337 e. The fourth-order valence-electron chi connectivity index (χ4n) is 0.609. The van der Waals surface area contributed by atoms with Crippen molar-refractivity contribution in [3.8, 4) is 0 Å². The number of carbonyl (C=O) groups excluding carboxylic acids is 1. The molecule has 1 unspecified atom stereocenters. The summed E-state index contributed by atoms with van der Waals surface area (Å²) in [4.78, 5) is 11.1. The van der Waals surface area contributed by atoms with E-state index in [1.165, 1.54) is 6.92 Å². The number of rotatable bonds is 5. The van der Waals surface area contributed by atoms with Gasteiger partial charge in [-0.05, 0) is 19.8 Å². The average Bonchev–Trinajstić information content (AvgIpc) is 2.05. The molecule has 0 aromatic rings. The number of hydrogen-bond acceptors (Lipinski definition) is 3. The Morgan fingerprint density at radius 3 is 2.50 bits per heavy atom. The summed E-state index contributed by atoms with van der Waals surface area (Å²) in [5.41, 5.74) is -1.31. The van der Waals surface area contributed by atoms with E-state index in [1.54, 1.807) is 6.92 Å². The number of unbranched alkanes of at least 4 members (excludes halogenated alkanes) is 1. The van der Waals surface area contributed by atoms with Crippen molar-refractivity contribution in [1.29, 1.82) is 0 Å². The quantitative estimate of drug-likeness (QED) is 0.507. The molecule has 0 saturated carbocycles. The van der Waals surface area contributed by atoms with Gasteiger partial charge in [0.1, 0.15) is 0 Å². The number of hydrogen-bond donors (Lipinski definition) is 1. The van der Waals surface area contributed by atoms with Gasteiger partial charge in [0.05, 0.1) is 6.61 Å². The molecule has 0 aliphatic carbocycles. The van der Waals surface area contributed by atoms with Crippen LogP contribution in [0.4, 0.5) is 0 Å². The first-order chi connectivity index (χ1) is 5.54. The van der Waals surface area contributed by atoms with Crippen LogP contribution in [-0.4, -0.2) is 23.3 Å². The summed E-state index contributed by atoms with van der Waals surface area (Å²) in [6, 6.07) is 0. The Bertz CT molecular complexity index is 141. The highest BCUT2D eigenvalue weighted by atomic mass is 16.5. The molecular weight excluding hydrogens is 156 g/mol. The van der Waals surface area contributed by atoms with Gasteiger partial charge in [0.25, 0.3) is 0 Å². The molecule has 0 bridgehead atoms. The highest BCUT2D eigenvalue weighted by Gasteiger charge is 2.29. The van der Waals surface area contributed by atoms with E-state index in [4.69, 9.17) is 4.74 Å². The molecule has 0 heterocycles. The van der Waals surface area contributed by atoms with Gasteiger partial charge in [-0.2, -0.15) is 0 Å². The molecule has 3 nitrogen and oxygen atoms in total. The summed E-state index contributed by atoms with van der Waals surface area (Å²) in [7, 11) is 0. The zero-order valence-corrected chi connectivity index (χ0v) is 8.09. The molecule has 3 heteroatoms. The standard InChI is InChI=1S/C9H18O3/c1-4-6-7-12-8(10)9(3,11)5-2/h11H,4-7H2,1-3H3. The third-order valence-corrected chi connectivity index (χ3v) is 1.86. The number of esters is 1. The third kappa shape index (κ3) is 3.72. The van der Waals surface area contributed by atoms with E-state index in [2.05, 4.69) is 0 Å². The molecule has 1 atom stereocenters. The average molecular weight is 174 g/mol. The predicted molar refractivity (Wildman–Crippen MR) is 46.8 cm³/mol. The normalized spacial score (nSPS) is 15.3. The highest BCUT2D eigenvalue weighted by molar-refractivity contribution is 5.78. The lowest BCUT2D eigenvalue weighted by molar-refractivity contribution is -0.164. The number of carbonyl (C=O) groups is 1. The predicted octanol–water partition coefficient (Wildman–Crippen LogP) is 1.49. The van der Waals surface area contributed by atoms with Crippen molar-refractivity contribution >= 4 is 5.97 Å². The molecule has 0 aromatic carbocycles. The van der Waals surface area contributed by atoms with Crippen molar-refractivity contribution in [1.82, 2.24) is 0 Å². The molecule has 0 aliphatic rings. The van der Waals surface area contributed by atoms with Crippen LogP contribution in [0.2, 0.25) is 0 Å². The Kier molecular flexibility index (Phi) is 4.90. The zero-order valence-electron chi connectivity index (χ0n) is 8.09. The molecule has 0 rings (SSSR count). The molecule has 1 N–H and O–H groups in total. The summed E-state index contributed by atoms with van der Waals surface area (Å²) in [5, 5.41) is 9.42. The first-order valence-corrected chi connectivity index (χ1v) is 4.44. The summed E-state index contributed by atoms with van der Waals surface area (Å²) in [6.45, 7) is 5.65. The maximum absolute atomic E-state index is 11.1. The Labute approximate surface area is 73.7 Å². The van der Waals surface area contributed by atoms with Crippen LogP contribution in [0.3, 0.4) is 0 Å². The molecule has 0 fully saturated rings. The first kappa shape index (κ1) is 11.4. The lowest BCUT2D eigenvalue weighted by atomic mass is 10.1. The Hall–Kier alpha value is -0.570. The van der Waals surface area contributed by atoms with E-state index in [0.717, 1.165) is 12.8 Å². The number of ether oxygens (including phenoxy) is 1. The SMILES string of the molecule is CCCCOC(=O)C(C)(O)CC. The molecule has 72 valence electrons. The van der Waals surface area contributed by atoms with Gasteiger partial charge in [0.2, 0.25) is 0 Å². The minimum absolute atomic E-state index is 0.387. The Morgan fingerprint density at radius 2 is 2.08 bits per heavy atom. The molecule has 0 aliphatic heterocycles. The van der Waals surface area contributed by atoms with E-state index in [1.807, 2.05) is 6.92 Å². The summed E-state index contributed by atoms with van der Waals surface area (Å²) in [6.07, 6.45) is 2.23. The maximum Gasteiger partial charge on any atom is 0.337 e. The molecule has 0 radical (unpaired) electrons. The minimum Gasteiger partial charge on any atom is -0.464 e. The molecule has 0 amide bonds. The maximum atomic E-state index is 11.1. The van der Waals surface area contributed by atoms with Crippen LogP contribution in [0.5, 0.6) is 0 Å². The van der Waals surface area contributed by atoms with Crippen molar-refractivity contribution in [3.05, 3.63) is 0 Å². The molecule has 12 heavy (non-hydrogen) atoms. The molecule has 0 spiro atoms. The van der Waals surface area contributed by atoms with Gasteiger partial charge in [-0.15, -0.1) is 0 Å². The Morgan fingerprint density at radius 1 is 1.50 bits per heavy atom. The Balaban J connectivity index is 3.72. The van der Waals surface area contributed by atoms with E-state index < -0.39 is 11.6 Å². The van der Waals surface area contributed by atoms with Crippen molar-refractivity contribution in [2.24, 2.45) is 0 Å². The van der Waals surface area contributed by atoms with Gasteiger partial charge in [0.15, 0.2) is 5.60 Å². The molecule has 0 aromatic heterocycles. The number of aliphatic hydroxyl groups is 1. The van der Waals surface area contributed by atoms with E-state index in [-0.39, 0.29) is 0 Å². The van der Waals surface area contributed by atoms with Crippen molar-refractivity contribution in [2.45, 2.75) is 45.6 Å². The molecule has 0 saturated heterocycles. The van der Waals surface area contributed by atoms with Gasteiger partial charge in [-0.1, -0.05) is 20.3 Å². The van der Waals surface area contributed by atoms with E-state index >= 15 is 0 Å². The monoisotopic (exact) mass is 174 g/mol. The molecular formula is C9H18O3. The minimum atomic E-state index is -1.31. The second-order valence-corrected chi connectivity index (χ2v) is 3.12. The van der Waals surface area contributed by atoms with Gasteiger partial charge >= 0.3 is 5.97 Å². The van der Waals surface area contributed by atoms with Crippen LogP contribution in [0.15, 0.2) is 0 Å². The first-order valence-electron chi connectivity index (χ1n) is 4.44. The van der Waals surface area contributed by atoms with Gasteiger partial charge in [-0.25, -0.2) is 4.79 Å². The van der Waals surface area contributed by atoms with Crippen LogP contribution in [0.1, 0.15) is 40.0 Å². The van der Waals surface area contributed by atoms with Crippen molar-refractivity contribution in [3.63, 3.8) is 0 Å². The third-order valence-electron chi connectivity index (χ3n) is 1.86. The van der Waals surface area contributed by atoms with Gasteiger partial charge in [-0.3, -0.25) is 0 Å².